The van der Waals surface area contributed by atoms with Gasteiger partial charge in [0.05, 0.1) is 22.7 Å². The summed E-state index contributed by atoms with van der Waals surface area (Å²) in [6.07, 6.45) is 2.83. The Hall–Kier alpha value is -0.810. The van der Waals surface area contributed by atoms with Gasteiger partial charge in [-0.05, 0) is 48.2 Å². The van der Waals surface area contributed by atoms with Gasteiger partial charge in [-0.2, -0.15) is 0 Å². The smallest absolute Gasteiger partial charge is 0.305 e. The van der Waals surface area contributed by atoms with Gasteiger partial charge in [0.1, 0.15) is 11.6 Å². The second-order valence-electron chi connectivity index (χ2n) is 4.16. The first-order valence-corrected chi connectivity index (χ1v) is 7.64. The monoisotopic (exact) mass is 366 g/mol. The minimum Gasteiger partial charge on any atom is -0.492 e. The van der Waals surface area contributed by atoms with Crippen LogP contribution in [0.2, 0.25) is 5.02 Å². The molecule has 0 heterocycles. The number of unbranched alkanes of at least 4 members (excludes halogenated alkanes) is 2. The summed E-state index contributed by atoms with van der Waals surface area (Å²) in [5.41, 5.74) is 0. The van der Waals surface area contributed by atoms with E-state index >= 15 is 0 Å². The molecule has 0 amide bonds. The molecular formula is C14H17BrClFO3. The molecule has 0 spiro atoms. The molecular weight excluding hydrogens is 351 g/mol. The molecule has 0 radical (unpaired) electrons. The lowest BCUT2D eigenvalue weighted by Crippen LogP contribution is -2.04. The summed E-state index contributed by atoms with van der Waals surface area (Å²) >= 11 is 8.90. The van der Waals surface area contributed by atoms with Crippen LogP contribution in [0.1, 0.15) is 32.6 Å². The molecule has 1 rings (SSSR count). The van der Waals surface area contributed by atoms with Gasteiger partial charge in [0, 0.05) is 12.5 Å². The summed E-state index contributed by atoms with van der Waals surface area (Å²) < 4.78 is 24.2. The zero-order valence-corrected chi connectivity index (χ0v) is 13.6. The average molecular weight is 368 g/mol. The predicted molar refractivity (Wildman–Crippen MR) is 79.7 cm³/mol. The number of ether oxygens (including phenoxy) is 2. The molecule has 0 unspecified atom stereocenters. The maximum atomic E-state index is 13.3. The van der Waals surface area contributed by atoms with Crippen LogP contribution in [0.5, 0.6) is 5.75 Å². The number of hydrogen-bond donors (Lipinski definition) is 0. The van der Waals surface area contributed by atoms with Gasteiger partial charge in [-0.25, -0.2) is 4.39 Å². The van der Waals surface area contributed by atoms with Crippen molar-refractivity contribution in [3.63, 3.8) is 0 Å². The lowest BCUT2D eigenvalue weighted by molar-refractivity contribution is -0.143. The molecule has 0 bridgehead atoms. The van der Waals surface area contributed by atoms with E-state index < -0.39 is 5.82 Å². The van der Waals surface area contributed by atoms with E-state index in [1.54, 1.807) is 6.92 Å². The summed E-state index contributed by atoms with van der Waals surface area (Å²) in [4.78, 5) is 11.1. The van der Waals surface area contributed by atoms with Crippen LogP contribution >= 0.6 is 27.5 Å². The molecule has 0 aromatic heterocycles. The number of carbonyl (C=O) groups is 1. The average Bonchev–Trinajstić information content (AvgIpc) is 2.39. The van der Waals surface area contributed by atoms with Crippen molar-refractivity contribution < 1.29 is 18.7 Å². The van der Waals surface area contributed by atoms with Gasteiger partial charge >= 0.3 is 5.97 Å². The Morgan fingerprint density at radius 1 is 1.35 bits per heavy atom. The fourth-order valence-corrected chi connectivity index (χ4v) is 2.33. The van der Waals surface area contributed by atoms with E-state index in [1.165, 1.54) is 12.1 Å². The Bertz CT molecular complexity index is 454. The first-order chi connectivity index (χ1) is 9.54. The van der Waals surface area contributed by atoms with Crippen molar-refractivity contribution in [3.05, 3.63) is 27.4 Å². The Morgan fingerprint density at radius 3 is 2.80 bits per heavy atom. The number of esters is 1. The third-order valence-electron chi connectivity index (χ3n) is 2.56. The van der Waals surface area contributed by atoms with Gasteiger partial charge < -0.3 is 9.47 Å². The first kappa shape index (κ1) is 17.2. The molecule has 3 nitrogen and oxygen atoms in total. The van der Waals surface area contributed by atoms with Crippen LogP contribution in [0, 0.1) is 5.82 Å². The zero-order valence-electron chi connectivity index (χ0n) is 11.3. The first-order valence-electron chi connectivity index (χ1n) is 6.47. The molecule has 6 heteroatoms. The molecule has 0 aliphatic carbocycles. The highest BCUT2D eigenvalue weighted by Crippen LogP contribution is 2.30. The summed E-state index contributed by atoms with van der Waals surface area (Å²) in [6, 6.07) is 2.72. The third-order valence-corrected chi connectivity index (χ3v) is 3.47. The molecule has 0 N–H and O–H groups in total. The second-order valence-corrected chi connectivity index (χ2v) is 5.42. The molecule has 0 fully saturated rings. The highest BCUT2D eigenvalue weighted by Gasteiger charge is 2.07. The molecule has 112 valence electrons. The van der Waals surface area contributed by atoms with E-state index in [-0.39, 0.29) is 11.0 Å². The quantitative estimate of drug-likeness (QED) is 0.378. The lowest BCUT2D eigenvalue weighted by Gasteiger charge is -2.09. The molecule has 0 saturated carbocycles. The van der Waals surface area contributed by atoms with Gasteiger partial charge in [-0.15, -0.1) is 0 Å². The standard InChI is InChI=1S/C14H17BrClFO3/c1-2-19-14(18)6-4-3-5-7-20-13-9-12(17)11(16)8-10(13)15/h8-9H,2-7H2,1H3. The SMILES string of the molecule is CCOC(=O)CCCCCOc1cc(F)c(Cl)cc1Br. The van der Waals surface area contributed by atoms with Crippen LogP contribution < -0.4 is 4.74 Å². The van der Waals surface area contributed by atoms with Gasteiger partial charge in [-0.1, -0.05) is 11.6 Å². The van der Waals surface area contributed by atoms with E-state index in [2.05, 4.69) is 15.9 Å². The van der Waals surface area contributed by atoms with Crippen LogP contribution in [0.25, 0.3) is 0 Å². The van der Waals surface area contributed by atoms with Crippen LogP contribution in [-0.2, 0) is 9.53 Å². The molecule has 0 aliphatic heterocycles. The van der Waals surface area contributed by atoms with E-state index in [0.29, 0.717) is 29.9 Å². The van der Waals surface area contributed by atoms with Crippen molar-refractivity contribution in [2.45, 2.75) is 32.6 Å². The van der Waals surface area contributed by atoms with Crippen LogP contribution in [-0.4, -0.2) is 19.2 Å². The Morgan fingerprint density at radius 2 is 2.10 bits per heavy atom. The van der Waals surface area contributed by atoms with Crippen molar-refractivity contribution in [1.82, 2.24) is 0 Å². The van der Waals surface area contributed by atoms with E-state index in [0.717, 1.165) is 19.3 Å². The predicted octanol–water partition coefficient (Wildman–Crippen LogP) is 4.74. The topological polar surface area (TPSA) is 35.5 Å². The minimum absolute atomic E-state index is 0.0543. The van der Waals surface area contributed by atoms with E-state index in [9.17, 15) is 9.18 Å². The number of rotatable bonds is 8. The molecule has 1 aromatic rings. The van der Waals surface area contributed by atoms with Crippen molar-refractivity contribution in [3.8, 4) is 5.75 Å². The Balaban J connectivity index is 2.22. The van der Waals surface area contributed by atoms with Crippen LogP contribution in [0.4, 0.5) is 4.39 Å². The number of carbonyl (C=O) groups excluding carboxylic acids is 1. The molecule has 0 saturated heterocycles. The largest absolute Gasteiger partial charge is 0.492 e. The molecule has 0 atom stereocenters. The van der Waals surface area contributed by atoms with Gasteiger partial charge in [-0.3, -0.25) is 4.79 Å². The summed E-state index contributed by atoms with van der Waals surface area (Å²) in [5.74, 6) is -0.250. The van der Waals surface area contributed by atoms with Crippen molar-refractivity contribution in [2.75, 3.05) is 13.2 Å². The van der Waals surface area contributed by atoms with Gasteiger partial charge in [0.2, 0.25) is 0 Å². The van der Waals surface area contributed by atoms with E-state index in [1.807, 2.05) is 0 Å². The maximum Gasteiger partial charge on any atom is 0.305 e. The minimum atomic E-state index is -0.507. The third kappa shape index (κ3) is 6.09. The van der Waals surface area contributed by atoms with Crippen molar-refractivity contribution in [2.24, 2.45) is 0 Å². The molecule has 1 aromatic carbocycles. The fraction of sp³-hybridized carbons (Fsp3) is 0.500. The van der Waals surface area contributed by atoms with Crippen molar-refractivity contribution in [1.29, 1.82) is 0 Å². The van der Waals surface area contributed by atoms with Crippen molar-refractivity contribution >= 4 is 33.5 Å². The number of hydrogen-bond acceptors (Lipinski definition) is 3. The van der Waals surface area contributed by atoms with Crippen LogP contribution in [0.3, 0.4) is 0 Å². The Labute approximate surface area is 131 Å². The summed E-state index contributed by atoms with van der Waals surface area (Å²) in [5, 5.41) is 0.0543. The highest BCUT2D eigenvalue weighted by molar-refractivity contribution is 9.10. The highest BCUT2D eigenvalue weighted by atomic mass is 79.9. The maximum absolute atomic E-state index is 13.3. The molecule has 20 heavy (non-hydrogen) atoms. The summed E-state index contributed by atoms with van der Waals surface area (Å²) in [7, 11) is 0. The van der Waals surface area contributed by atoms with E-state index in [4.69, 9.17) is 21.1 Å². The normalized spacial score (nSPS) is 10.4. The van der Waals surface area contributed by atoms with Gasteiger partial charge in [0.15, 0.2) is 0 Å². The number of benzene rings is 1. The molecule has 0 aliphatic rings. The van der Waals surface area contributed by atoms with Crippen LogP contribution in [0.15, 0.2) is 16.6 Å². The fourth-order valence-electron chi connectivity index (χ4n) is 1.58. The second kappa shape index (κ2) is 9.19. The summed E-state index contributed by atoms with van der Waals surface area (Å²) in [6.45, 7) is 2.66. The number of halogens is 3. The Kier molecular flexibility index (Phi) is 7.92. The van der Waals surface area contributed by atoms with Gasteiger partial charge in [0.25, 0.3) is 0 Å². The lowest BCUT2D eigenvalue weighted by atomic mass is 10.2. The zero-order chi connectivity index (χ0) is 15.0.